The molecule has 3 rings (SSSR count). The summed E-state index contributed by atoms with van der Waals surface area (Å²) in [6.45, 7) is 4.96. The van der Waals surface area contributed by atoms with Crippen molar-refractivity contribution in [2.75, 3.05) is 51.8 Å². The summed E-state index contributed by atoms with van der Waals surface area (Å²) in [5.41, 5.74) is 0.682. The second-order valence-electron chi connectivity index (χ2n) is 10.9. The zero-order valence-electron chi connectivity index (χ0n) is 27.6. The minimum atomic E-state index is -1.53. The largest absolute Gasteiger partial charge is 0.493 e. The second-order valence-corrected chi connectivity index (χ2v) is 12.4. The molecule has 49 heavy (non-hydrogen) atoms. The summed E-state index contributed by atoms with van der Waals surface area (Å²) in [7, 11) is 0.0675. The van der Waals surface area contributed by atoms with Gasteiger partial charge in [0, 0.05) is 39.1 Å². The highest BCUT2D eigenvalue weighted by Gasteiger charge is 2.32. The molecule has 2 unspecified atom stereocenters. The molecule has 4 N–H and O–H groups in total. The number of ether oxygens (including phenoxy) is 2. The van der Waals surface area contributed by atoms with Gasteiger partial charge in [-0.2, -0.15) is 0 Å². The maximum atomic E-state index is 13.4. The van der Waals surface area contributed by atoms with Crippen LogP contribution in [0.2, 0.25) is 0 Å². The van der Waals surface area contributed by atoms with Crippen molar-refractivity contribution in [3.8, 4) is 17.1 Å². The Labute approximate surface area is 284 Å². The number of carbonyl (C=O) groups is 1. The van der Waals surface area contributed by atoms with Crippen LogP contribution in [-0.4, -0.2) is 99.0 Å². The van der Waals surface area contributed by atoms with Gasteiger partial charge < -0.3 is 40.2 Å². The average molecular weight is 711 g/mol. The van der Waals surface area contributed by atoms with Gasteiger partial charge >= 0.3 is 5.97 Å². The molecule has 0 amide bonds. The Morgan fingerprint density at radius 3 is 2.61 bits per heavy atom. The lowest BCUT2D eigenvalue weighted by Gasteiger charge is -2.38. The number of nitrogens with one attached hydrogen (secondary N) is 4. The van der Waals surface area contributed by atoms with E-state index in [0.29, 0.717) is 68.1 Å². The number of benzene rings is 1. The molecular formula is C29H42N8O11S. The third kappa shape index (κ3) is 11.8. The first kappa shape index (κ1) is 38.8. The Balaban J connectivity index is 1.48. The fraction of sp³-hybridized carbons (Fsp3) is 0.586. The maximum absolute atomic E-state index is 13.4. The molecule has 2 heterocycles. The van der Waals surface area contributed by atoms with Crippen molar-refractivity contribution in [3.63, 3.8) is 0 Å². The molecule has 0 bridgehead atoms. The predicted molar refractivity (Wildman–Crippen MR) is 177 cm³/mol. The van der Waals surface area contributed by atoms with Crippen LogP contribution in [0.3, 0.4) is 0 Å². The average Bonchev–Trinajstić information content (AvgIpc) is 3.04. The Hall–Kier alpha value is -4.69. The van der Waals surface area contributed by atoms with E-state index in [1.54, 1.807) is 29.6 Å². The molecular weight excluding hydrogens is 668 g/mol. The van der Waals surface area contributed by atoms with Crippen LogP contribution in [0.15, 0.2) is 27.9 Å². The molecule has 1 aliphatic rings. The van der Waals surface area contributed by atoms with Crippen LogP contribution in [0.25, 0.3) is 11.4 Å². The Morgan fingerprint density at radius 1 is 1.20 bits per heavy atom. The fourth-order valence-electron chi connectivity index (χ4n) is 4.93. The molecule has 1 saturated heterocycles. The monoisotopic (exact) mass is 710 g/mol. The van der Waals surface area contributed by atoms with Gasteiger partial charge in [0.2, 0.25) is 0 Å². The van der Waals surface area contributed by atoms with Crippen LogP contribution in [0.4, 0.5) is 5.69 Å². The van der Waals surface area contributed by atoms with Crippen molar-refractivity contribution in [2.24, 2.45) is 0 Å². The molecule has 20 heteroatoms. The van der Waals surface area contributed by atoms with Crippen molar-refractivity contribution >= 4 is 28.4 Å². The summed E-state index contributed by atoms with van der Waals surface area (Å²) in [6.07, 6.45) is 0.866. The van der Waals surface area contributed by atoms with Gasteiger partial charge in [-0.25, -0.2) is 13.5 Å². The summed E-state index contributed by atoms with van der Waals surface area (Å²) in [4.78, 5) is 62.1. The first-order chi connectivity index (χ1) is 23.5. The first-order valence-electron chi connectivity index (χ1n) is 15.8. The number of anilines is 1. The predicted octanol–water partition coefficient (Wildman–Crippen LogP) is 2.23. The summed E-state index contributed by atoms with van der Waals surface area (Å²) in [6, 6.07) is 5.06. The highest BCUT2D eigenvalue weighted by Crippen LogP contribution is 2.32. The quantitative estimate of drug-likeness (QED) is 0.0424. The van der Waals surface area contributed by atoms with Crippen LogP contribution in [0.5, 0.6) is 5.75 Å². The molecule has 1 aliphatic heterocycles. The van der Waals surface area contributed by atoms with E-state index in [-0.39, 0.29) is 48.4 Å². The normalized spacial score (nSPS) is 14.3. The lowest BCUT2D eigenvalue weighted by atomic mass is 10.1. The highest BCUT2D eigenvalue weighted by molar-refractivity contribution is 7.82. The topological polar surface area (TPSA) is 254 Å². The van der Waals surface area contributed by atoms with E-state index in [9.17, 15) is 34.0 Å². The molecule has 0 radical (unpaired) electrons. The van der Waals surface area contributed by atoms with E-state index in [0.717, 1.165) is 0 Å². The van der Waals surface area contributed by atoms with Crippen molar-refractivity contribution in [3.05, 3.63) is 54.5 Å². The van der Waals surface area contributed by atoms with Crippen molar-refractivity contribution in [2.45, 2.75) is 69.4 Å². The molecule has 19 nitrogen and oxygen atoms in total. The molecule has 0 aliphatic carbocycles. The van der Waals surface area contributed by atoms with Gasteiger partial charge in [-0.15, -0.1) is 20.2 Å². The van der Waals surface area contributed by atoms with Crippen molar-refractivity contribution in [1.29, 1.82) is 5.41 Å². The number of H-pyrrole nitrogens is 1. The molecule has 270 valence electrons. The van der Waals surface area contributed by atoms with Gasteiger partial charge in [0.1, 0.15) is 53.3 Å². The van der Waals surface area contributed by atoms with Crippen LogP contribution in [0, 0.1) is 25.6 Å². The lowest BCUT2D eigenvalue weighted by molar-refractivity contribution is -0.790. The third-order valence-electron chi connectivity index (χ3n) is 7.30. The van der Waals surface area contributed by atoms with E-state index in [1.807, 2.05) is 13.8 Å². The Bertz CT molecular complexity index is 1550. The summed E-state index contributed by atoms with van der Waals surface area (Å²) in [5, 5.41) is 33.2. The Morgan fingerprint density at radius 2 is 1.96 bits per heavy atom. The molecule has 1 fully saturated rings. The highest BCUT2D eigenvalue weighted by atomic mass is 32.2. The van der Waals surface area contributed by atoms with Crippen LogP contribution < -0.4 is 20.9 Å². The van der Waals surface area contributed by atoms with E-state index in [2.05, 4.69) is 30.3 Å². The summed E-state index contributed by atoms with van der Waals surface area (Å²) >= 11 is 0. The molecule has 1 aromatic carbocycles. The zero-order valence-corrected chi connectivity index (χ0v) is 28.4. The standard InChI is InChI=1S/C29H42N8O11S/c1-4-8-23(30)26-27(31-3)29(39)34-28(33-26)22-15-21(11-12-24(22)45-5-2)49(44)35-16-19(17-35)32-13-14-46-25(38)10-7-6-9-20(48-37(42)43)18-47-36(40)41/h11-12,15,19-20,30-32H,4-10,13-14,16-18H2,1-3H3,(H,33,34,39). The smallest absolute Gasteiger partial charge is 0.305 e. The zero-order chi connectivity index (χ0) is 35.9. The number of hydrogen-bond donors (Lipinski definition) is 4. The van der Waals surface area contributed by atoms with Gasteiger partial charge in [0.15, 0.2) is 0 Å². The fourth-order valence-corrected chi connectivity index (χ4v) is 6.26. The summed E-state index contributed by atoms with van der Waals surface area (Å²) < 4.78 is 26.2. The van der Waals surface area contributed by atoms with Gasteiger partial charge in [0.25, 0.3) is 15.7 Å². The number of aromatic amines is 1. The minimum Gasteiger partial charge on any atom is -0.493 e. The van der Waals surface area contributed by atoms with Gasteiger partial charge in [0.05, 0.1) is 22.8 Å². The minimum absolute atomic E-state index is 0.0176. The van der Waals surface area contributed by atoms with Crippen molar-refractivity contribution < 1.29 is 38.3 Å². The number of aromatic nitrogens is 2. The number of rotatable bonds is 23. The van der Waals surface area contributed by atoms with Gasteiger partial charge in [-0.05, 0) is 44.4 Å². The molecule has 0 saturated carbocycles. The van der Waals surface area contributed by atoms with Gasteiger partial charge in [-0.1, -0.05) is 19.8 Å². The maximum Gasteiger partial charge on any atom is 0.305 e. The number of carbonyl (C=O) groups excluding carboxylic acids is 1. The third-order valence-corrected chi connectivity index (χ3v) is 8.73. The number of nitrogens with zero attached hydrogens (tertiary/aromatic N) is 4. The lowest BCUT2D eigenvalue weighted by Crippen LogP contribution is -2.58. The molecule has 2 aromatic rings. The number of esters is 1. The molecule has 2 atom stereocenters. The SMILES string of the molecule is CCCC(=N)c1nc(-c2cc(S(=O)N3CC(NCCOC(=O)CCCCC(CO[N+](=O)[O-])O[N+](=O)[O-])C3)ccc2OCC)[nH]c(=O)c1NC. The summed E-state index contributed by atoms with van der Waals surface area (Å²) in [5.74, 6) is 0.197. The second kappa shape index (κ2) is 19.3. The van der Waals surface area contributed by atoms with Gasteiger partial charge in [-0.3, -0.25) is 9.59 Å². The van der Waals surface area contributed by atoms with Crippen LogP contribution in [0.1, 0.15) is 58.1 Å². The van der Waals surface area contributed by atoms with Crippen LogP contribution in [-0.2, 0) is 30.2 Å². The Kier molecular flexibility index (Phi) is 15.3. The molecule has 0 spiro atoms. The first-order valence-corrected chi connectivity index (χ1v) is 16.9. The van der Waals surface area contributed by atoms with E-state index in [1.165, 1.54) is 0 Å². The van der Waals surface area contributed by atoms with Crippen molar-refractivity contribution in [1.82, 2.24) is 19.6 Å². The van der Waals surface area contributed by atoms with E-state index >= 15 is 0 Å². The van der Waals surface area contributed by atoms with E-state index < -0.39 is 45.4 Å². The van der Waals surface area contributed by atoms with Crippen LogP contribution >= 0.6 is 0 Å². The molecule has 1 aromatic heterocycles. The number of hydrogen-bond acceptors (Lipinski definition) is 15. The van der Waals surface area contributed by atoms with E-state index in [4.69, 9.17) is 14.9 Å². The number of unbranched alkanes of at least 4 members (excludes halogenated alkanes) is 1.